The molecular formula is C38H46ClN9O5. The van der Waals surface area contributed by atoms with Crippen LogP contribution >= 0.6 is 11.6 Å². The second kappa shape index (κ2) is 16.7. The molecule has 3 amide bonds. The smallest absolute Gasteiger partial charge is 0.407 e. The van der Waals surface area contributed by atoms with Crippen LogP contribution in [0.25, 0.3) is 22.5 Å². The highest BCUT2D eigenvalue weighted by Gasteiger charge is 2.36. The summed E-state index contributed by atoms with van der Waals surface area (Å²) in [7, 11) is 0. The molecule has 2 fully saturated rings. The number of tetrazole rings is 1. The molecule has 2 aliphatic rings. The SMILES string of the molecule is CC(C)(C)OC(=O)NCC1CCC(C(=O)N(c2ccc(-c3nn[nH]n3)cc2)[C@@H](Cc2ccc(-c3ccnc(N4CCOCC4)c3Cl)cc2)C(N)=O)CC1. The van der Waals surface area contributed by atoms with E-state index < -0.39 is 23.6 Å². The molecule has 1 aliphatic heterocycles. The molecule has 53 heavy (non-hydrogen) atoms. The molecular weight excluding hydrogens is 698 g/mol. The Morgan fingerprint density at radius 1 is 1.02 bits per heavy atom. The van der Waals surface area contributed by atoms with Gasteiger partial charge in [-0.25, -0.2) is 9.78 Å². The zero-order valence-corrected chi connectivity index (χ0v) is 31.0. The third kappa shape index (κ3) is 9.48. The number of halogens is 1. The number of nitrogens with two attached hydrogens (primary N) is 1. The second-order valence-corrected chi connectivity index (χ2v) is 14.9. The first kappa shape index (κ1) is 37.7. The van der Waals surface area contributed by atoms with Crippen molar-refractivity contribution in [3.05, 3.63) is 71.4 Å². The monoisotopic (exact) mass is 743 g/mol. The van der Waals surface area contributed by atoms with Crippen molar-refractivity contribution in [2.24, 2.45) is 17.6 Å². The van der Waals surface area contributed by atoms with Crippen LogP contribution in [0.2, 0.25) is 5.02 Å². The van der Waals surface area contributed by atoms with Gasteiger partial charge < -0.3 is 25.4 Å². The van der Waals surface area contributed by atoms with Gasteiger partial charge in [0.15, 0.2) is 0 Å². The molecule has 1 aliphatic carbocycles. The number of H-pyrrole nitrogens is 1. The number of aromatic nitrogens is 5. The van der Waals surface area contributed by atoms with Gasteiger partial charge in [0, 0.05) is 55.0 Å². The van der Waals surface area contributed by atoms with E-state index in [9.17, 15) is 14.4 Å². The van der Waals surface area contributed by atoms with Gasteiger partial charge in [0.05, 0.1) is 18.2 Å². The fourth-order valence-corrected chi connectivity index (χ4v) is 7.22. The van der Waals surface area contributed by atoms with E-state index in [4.69, 9.17) is 26.8 Å². The summed E-state index contributed by atoms with van der Waals surface area (Å²) in [4.78, 5) is 48.2. The number of nitrogens with zero attached hydrogens (tertiary/aromatic N) is 6. The predicted octanol–water partition coefficient (Wildman–Crippen LogP) is 5.18. The maximum absolute atomic E-state index is 14.5. The molecule has 1 saturated heterocycles. The van der Waals surface area contributed by atoms with Gasteiger partial charge in [-0.1, -0.05) is 35.9 Å². The molecule has 0 radical (unpaired) electrons. The normalized spacial score (nSPS) is 18.2. The van der Waals surface area contributed by atoms with Crippen LogP contribution in [-0.2, 0) is 25.5 Å². The highest BCUT2D eigenvalue weighted by atomic mass is 35.5. The first-order valence-corrected chi connectivity index (χ1v) is 18.3. The van der Waals surface area contributed by atoms with Crippen molar-refractivity contribution in [3.8, 4) is 22.5 Å². The Morgan fingerprint density at radius 3 is 2.32 bits per heavy atom. The van der Waals surface area contributed by atoms with Crippen LogP contribution in [0.3, 0.4) is 0 Å². The number of benzene rings is 2. The summed E-state index contributed by atoms with van der Waals surface area (Å²) in [5.41, 5.74) is 9.33. The van der Waals surface area contributed by atoms with E-state index in [2.05, 4.69) is 35.8 Å². The van der Waals surface area contributed by atoms with Crippen LogP contribution in [0, 0.1) is 11.8 Å². The number of carbonyl (C=O) groups excluding carboxylic acids is 3. The Morgan fingerprint density at radius 2 is 1.70 bits per heavy atom. The minimum Gasteiger partial charge on any atom is -0.444 e. The average molecular weight is 744 g/mol. The summed E-state index contributed by atoms with van der Waals surface area (Å²) >= 11 is 6.88. The van der Waals surface area contributed by atoms with Gasteiger partial charge in [0.25, 0.3) is 0 Å². The van der Waals surface area contributed by atoms with Crippen molar-refractivity contribution < 1.29 is 23.9 Å². The third-order valence-corrected chi connectivity index (χ3v) is 10.0. The highest BCUT2D eigenvalue weighted by molar-refractivity contribution is 6.35. The van der Waals surface area contributed by atoms with Gasteiger partial charge in [0.1, 0.15) is 17.5 Å². The fourth-order valence-electron chi connectivity index (χ4n) is 6.88. The van der Waals surface area contributed by atoms with Crippen LogP contribution in [0.5, 0.6) is 0 Å². The standard InChI is InChI=1S/C38H46ClN9O5/c1-38(2,3)53-37(51)42-23-25-6-10-28(11-7-25)36(50)48(29-14-12-27(13-15-29)34-43-45-46-44-34)31(33(40)49)22-24-4-8-26(9-5-24)30-16-17-41-35(32(30)39)47-18-20-52-21-19-47/h4-5,8-9,12-17,25,28,31H,6-7,10-11,18-23H2,1-3H3,(H2,40,49)(H,42,51)(H,43,44,45,46)/t25?,28?,31-/m0/s1. The Balaban J connectivity index is 1.20. The van der Waals surface area contributed by atoms with Gasteiger partial charge in [-0.2, -0.15) is 5.21 Å². The van der Waals surface area contributed by atoms with Crippen LogP contribution in [0.1, 0.15) is 52.0 Å². The van der Waals surface area contributed by atoms with Crippen molar-refractivity contribution in [2.75, 3.05) is 42.6 Å². The summed E-state index contributed by atoms with van der Waals surface area (Å²) < 4.78 is 10.9. The van der Waals surface area contributed by atoms with Crippen molar-refractivity contribution >= 4 is 41.0 Å². The summed E-state index contributed by atoms with van der Waals surface area (Å²) in [6, 6.07) is 15.8. The number of alkyl carbamates (subject to hydrolysis) is 1. The summed E-state index contributed by atoms with van der Waals surface area (Å²) in [6.45, 7) is 8.60. The van der Waals surface area contributed by atoms with Crippen molar-refractivity contribution in [2.45, 2.75) is 64.5 Å². The molecule has 4 N–H and O–H groups in total. The number of aromatic amines is 1. The number of hydrogen-bond acceptors (Lipinski definition) is 10. The lowest BCUT2D eigenvalue weighted by atomic mass is 9.81. The zero-order chi connectivity index (χ0) is 37.5. The zero-order valence-electron chi connectivity index (χ0n) is 30.3. The van der Waals surface area contributed by atoms with Crippen molar-refractivity contribution in [1.29, 1.82) is 0 Å². The second-order valence-electron chi connectivity index (χ2n) is 14.5. The minimum absolute atomic E-state index is 0.171. The van der Waals surface area contributed by atoms with E-state index in [-0.39, 0.29) is 24.2 Å². The molecule has 0 bridgehead atoms. The predicted molar refractivity (Wildman–Crippen MR) is 201 cm³/mol. The van der Waals surface area contributed by atoms with Gasteiger partial charge in [-0.05, 0) is 99.0 Å². The number of primary amides is 1. The van der Waals surface area contributed by atoms with Gasteiger partial charge in [-0.15, -0.1) is 10.2 Å². The Bertz CT molecular complexity index is 1850. The lowest BCUT2D eigenvalue weighted by molar-refractivity contribution is -0.127. The number of carbonyl (C=O) groups is 3. The Hall–Kier alpha value is -5.08. The molecule has 6 rings (SSSR count). The van der Waals surface area contributed by atoms with E-state index in [0.29, 0.717) is 67.8 Å². The molecule has 2 aromatic heterocycles. The highest BCUT2D eigenvalue weighted by Crippen LogP contribution is 2.36. The number of amides is 3. The summed E-state index contributed by atoms with van der Waals surface area (Å²) in [6.07, 6.45) is 4.19. The van der Waals surface area contributed by atoms with Crippen molar-refractivity contribution in [1.82, 2.24) is 30.9 Å². The van der Waals surface area contributed by atoms with Crippen molar-refractivity contribution in [3.63, 3.8) is 0 Å². The average Bonchev–Trinajstić information content (AvgIpc) is 3.70. The lowest BCUT2D eigenvalue weighted by Gasteiger charge is -2.36. The molecule has 2 aromatic carbocycles. The molecule has 1 atom stereocenters. The van der Waals surface area contributed by atoms with E-state index in [0.717, 1.165) is 35.3 Å². The number of morpholine rings is 1. The van der Waals surface area contributed by atoms with E-state index in [1.54, 1.807) is 35.4 Å². The molecule has 1 saturated carbocycles. The van der Waals surface area contributed by atoms with Crippen LogP contribution in [-0.4, -0.2) is 88.0 Å². The molecule has 0 spiro atoms. The van der Waals surface area contributed by atoms with Crippen LogP contribution < -0.4 is 20.9 Å². The fraction of sp³-hybridized carbons (Fsp3) is 0.447. The largest absolute Gasteiger partial charge is 0.444 e. The molecule has 15 heteroatoms. The molecule has 0 unspecified atom stereocenters. The number of nitrogens with one attached hydrogen (secondary N) is 2. The maximum Gasteiger partial charge on any atom is 0.407 e. The topological polar surface area (TPSA) is 182 Å². The summed E-state index contributed by atoms with van der Waals surface area (Å²) in [5.74, 6) is 0.216. The third-order valence-electron chi connectivity index (χ3n) is 9.63. The first-order chi connectivity index (χ1) is 25.5. The van der Waals surface area contributed by atoms with Gasteiger partial charge in [0.2, 0.25) is 17.6 Å². The molecule has 14 nitrogen and oxygen atoms in total. The van der Waals surface area contributed by atoms with Gasteiger partial charge in [-0.3, -0.25) is 14.5 Å². The minimum atomic E-state index is -0.964. The van der Waals surface area contributed by atoms with E-state index in [1.807, 2.05) is 51.1 Å². The molecule has 4 aromatic rings. The first-order valence-electron chi connectivity index (χ1n) is 18.0. The Labute approximate surface area is 313 Å². The van der Waals surface area contributed by atoms with Gasteiger partial charge >= 0.3 is 6.09 Å². The Kier molecular flexibility index (Phi) is 11.9. The number of pyridine rings is 1. The number of hydrogen-bond donors (Lipinski definition) is 3. The number of ether oxygens (including phenoxy) is 2. The lowest BCUT2D eigenvalue weighted by Crippen LogP contribution is -2.52. The molecule has 280 valence electrons. The summed E-state index contributed by atoms with van der Waals surface area (Å²) in [5, 5.41) is 17.6. The van der Waals surface area contributed by atoms with Crippen LogP contribution in [0.4, 0.5) is 16.3 Å². The molecule has 3 heterocycles. The van der Waals surface area contributed by atoms with E-state index >= 15 is 0 Å². The number of rotatable bonds is 11. The van der Waals surface area contributed by atoms with E-state index in [1.165, 1.54) is 0 Å². The maximum atomic E-state index is 14.5. The van der Waals surface area contributed by atoms with Crippen LogP contribution in [0.15, 0.2) is 60.8 Å². The number of anilines is 2. The quantitative estimate of drug-likeness (QED) is 0.185.